The third kappa shape index (κ3) is 5.16. The number of carboxylic acid groups (broad SMARTS) is 2. The zero-order chi connectivity index (χ0) is 16.6. The van der Waals surface area contributed by atoms with Crippen molar-refractivity contribution in [3.8, 4) is 0 Å². The summed E-state index contributed by atoms with van der Waals surface area (Å²) in [5.41, 5.74) is 2.84. The van der Waals surface area contributed by atoms with Crippen molar-refractivity contribution in [2.24, 2.45) is 11.3 Å². The molecule has 1 unspecified atom stereocenters. The SMILES string of the molecule is CC1(C(=O)O)C=CC=C(C(=O)O)C1.NNCc1ccccc1. The summed E-state index contributed by atoms with van der Waals surface area (Å²) in [4.78, 5) is 21.3. The lowest BCUT2D eigenvalue weighted by molar-refractivity contribution is -0.145. The minimum absolute atomic E-state index is 0.0359. The van der Waals surface area contributed by atoms with Gasteiger partial charge in [0, 0.05) is 12.1 Å². The monoisotopic (exact) mass is 304 g/mol. The van der Waals surface area contributed by atoms with Gasteiger partial charge in [0.2, 0.25) is 0 Å². The molecule has 0 saturated carbocycles. The number of allylic oxidation sites excluding steroid dienone is 2. The minimum Gasteiger partial charge on any atom is -0.481 e. The summed E-state index contributed by atoms with van der Waals surface area (Å²) in [6, 6.07) is 10.0. The van der Waals surface area contributed by atoms with Gasteiger partial charge in [0.15, 0.2) is 0 Å². The summed E-state index contributed by atoms with van der Waals surface area (Å²) in [5.74, 6) is 3.05. The highest BCUT2D eigenvalue weighted by atomic mass is 16.4. The maximum absolute atomic E-state index is 10.8. The molecule has 2 rings (SSSR count). The molecule has 6 nitrogen and oxygen atoms in total. The predicted octanol–water partition coefficient (Wildman–Crippen LogP) is 1.70. The molecule has 1 aliphatic carbocycles. The fraction of sp³-hybridized carbons (Fsp3) is 0.250. The lowest BCUT2D eigenvalue weighted by atomic mass is 9.80. The molecule has 0 saturated heterocycles. The Bertz CT molecular complexity index is 581. The molecule has 0 heterocycles. The molecule has 1 aromatic rings. The van der Waals surface area contributed by atoms with E-state index < -0.39 is 17.4 Å². The lowest BCUT2D eigenvalue weighted by Gasteiger charge is -2.23. The first-order valence-corrected chi connectivity index (χ1v) is 6.71. The van der Waals surface area contributed by atoms with Gasteiger partial charge < -0.3 is 10.2 Å². The Balaban J connectivity index is 0.000000235. The van der Waals surface area contributed by atoms with Gasteiger partial charge >= 0.3 is 11.9 Å². The molecule has 0 aromatic heterocycles. The van der Waals surface area contributed by atoms with E-state index in [9.17, 15) is 9.59 Å². The Morgan fingerprint density at radius 3 is 2.41 bits per heavy atom. The normalized spacial score (nSPS) is 19.6. The Morgan fingerprint density at radius 2 is 1.91 bits per heavy atom. The molecule has 1 atom stereocenters. The Labute approximate surface area is 128 Å². The molecule has 0 bridgehead atoms. The maximum Gasteiger partial charge on any atom is 0.331 e. The number of hydrogen-bond donors (Lipinski definition) is 4. The molecular formula is C16H20N2O4. The van der Waals surface area contributed by atoms with Crippen molar-refractivity contribution in [2.75, 3.05) is 0 Å². The third-order valence-electron chi connectivity index (χ3n) is 3.23. The molecular weight excluding hydrogens is 284 g/mol. The van der Waals surface area contributed by atoms with Crippen molar-refractivity contribution in [3.05, 3.63) is 59.7 Å². The molecule has 1 aliphatic rings. The van der Waals surface area contributed by atoms with Gasteiger partial charge in [-0.2, -0.15) is 0 Å². The van der Waals surface area contributed by atoms with Crippen LogP contribution in [-0.4, -0.2) is 22.2 Å². The number of hydrazine groups is 1. The Hall–Kier alpha value is -2.44. The highest BCUT2D eigenvalue weighted by Gasteiger charge is 2.34. The number of hydrogen-bond acceptors (Lipinski definition) is 4. The van der Waals surface area contributed by atoms with Crippen molar-refractivity contribution >= 4 is 11.9 Å². The van der Waals surface area contributed by atoms with Crippen molar-refractivity contribution in [3.63, 3.8) is 0 Å². The predicted molar refractivity (Wildman–Crippen MR) is 82.7 cm³/mol. The summed E-state index contributed by atoms with van der Waals surface area (Å²) in [7, 11) is 0. The second kappa shape index (κ2) is 8.11. The summed E-state index contributed by atoms with van der Waals surface area (Å²) in [6.07, 6.45) is 4.43. The van der Waals surface area contributed by atoms with Crippen molar-refractivity contribution < 1.29 is 19.8 Å². The van der Waals surface area contributed by atoms with Gasteiger partial charge in [-0.05, 0) is 18.9 Å². The molecule has 1 aromatic carbocycles. The fourth-order valence-corrected chi connectivity index (χ4v) is 1.90. The number of benzene rings is 1. The first-order chi connectivity index (χ1) is 10.4. The standard InChI is InChI=1S/C9H10O4.C7H10N2/c1-9(8(12)13)4-2-3-6(5-9)7(10)11;8-9-6-7-4-2-1-3-5-7/h2-4H,5H2,1H3,(H,10,11)(H,12,13);1-5,9H,6,8H2. The number of nitrogens with two attached hydrogens (primary N) is 1. The summed E-state index contributed by atoms with van der Waals surface area (Å²) >= 11 is 0. The average Bonchev–Trinajstić information content (AvgIpc) is 2.49. The minimum atomic E-state index is -1.08. The van der Waals surface area contributed by atoms with E-state index in [2.05, 4.69) is 5.43 Å². The largest absolute Gasteiger partial charge is 0.481 e. The fourth-order valence-electron chi connectivity index (χ4n) is 1.90. The van der Waals surface area contributed by atoms with Crippen LogP contribution >= 0.6 is 0 Å². The summed E-state index contributed by atoms with van der Waals surface area (Å²) in [6.45, 7) is 2.24. The van der Waals surface area contributed by atoms with Gasteiger partial charge in [0.25, 0.3) is 0 Å². The van der Waals surface area contributed by atoms with Gasteiger partial charge in [-0.3, -0.25) is 16.1 Å². The van der Waals surface area contributed by atoms with Crippen LogP contribution in [0.4, 0.5) is 0 Å². The highest BCUT2D eigenvalue weighted by molar-refractivity contribution is 5.90. The average molecular weight is 304 g/mol. The van der Waals surface area contributed by atoms with Crippen LogP contribution in [0.25, 0.3) is 0 Å². The zero-order valence-electron chi connectivity index (χ0n) is 12.3. The molecule has 5 N–H and O–H groups in total. The molecule has 0 amide bonds. The van der Waals surface area contributed by atoms with E-state index in [1.54, 1.807) is 0 Å². The maximum atomic E-state index is 10.8. The summed E-state index contributed by atoms with van der Waals surface area (Å²) < 4.78 is 0. The van der Waals surface area contributed by atoms with Gasteiger partial charge in [-0.15, -0.1) is 0 Å². The first kappa shape index (κ1) is 17.6. The Kier molecular flexibility index (Phi) is 6.49. The molecule has 0 fully saturated rings. The molecule has 0 aliphatic heterocycles. The molecule has 22 heavy (non-hydrogen) atoms. The van der Waals surface area contributed by atoms with Crippen molar-refractivity contribution in [2.45, 2.75) is 19.9 Å². The zero-order valence-corrected chi connectivity index (χ0v) is 12.3. The molecule has 0 spiro atoms. The van der Waals surface area contributed by atoms with E-state index in [4.69, 9.17) is 16.1 Å². The van der Waals surface area contributed by atoms with Crippen LogP contribution in [-0.2, 0) is 16.1 Å². The number of carbonyl (C=O) groups is 2. The Morgan fingerprint density at radius 1 is 1.27 bits per heavy atom. The van der Waals surface area contributed by atoms with Crippen LogP contribution in [0.15, 0.2) is 54.1 Å². The molecule has 118 valence electrons. The second-order valence-corrected chi connectivity index (χ2v) is 5.12. The van der Waals surface area contributed by atoms with Gasteiger partial charge in [0.05, 0.1) is 5.41 Å². The summed E-state index contributed by atoms with van der Waals surface area (Å²) in [5, 5.41) is 17.5. The van der Waals surface area contributed by atoms with Crippen LogP contribution in [0.2, 0.25) is 0 Å². The first-order valence-electron chi connectivity index (χ1n) is 6.71. The third-order valence-corrected chi connectivity index (χ3v) is 3.23. The number of rotatable bonds is 4. The van der Waals surface area contributed by atoms with Gasteiger partial charge in [0.1, 0.15) is 0 Å². The van der Waals surface area contributed by atoms with E-state index in [0.717, 1.165) is 6.54 Å². The van der Waals surface area contributed by atoms with Crippen LogP contribution in [0.5, 0.6) is 0 Å². The number of aliphatic carboxylic acids is 2. The second-order valence-electron chi connectivity index (χ2n) is 5.12. The molecule has 6 heteroatoms. The quantitative estimate of drug-likeness (QED) is 0.497. The van der Waals surface area contributed by atoms with Crippen LogP contribution in [0.1, 0.15) is 18.9 Å². The van der Waals surface area contributed by atoms with Gasteiger partial charge in [-0.25, -0.2) is 4.79 Å². The van der Waals surface area contributed by atoms with E-state index in [0.29, 0.717) is 0 Å². The highest BCUT2D eigenvalue weighted by Crippen LogP contribution is 2.31. The van der Waals surface area contributed by atoms with E-state index in [-0.39, 0.29) is 12.0 Å². The van der Waals surface area contributed by atoms with Gasteiger partial charge in [-0.1, -0.05) is 48.6 Å². The van der Waals surface area contributed by atoms with Crippen LogP contribution < -0.4 is 11.3 Å². The van der Waals surface area contributed by atoms with Crippen LogP contribution in [0.3, 0.4) is 0 Å². The molecule has 0 radical (unpaired) electrons. The number of carboxylic acids is 2. The van der Waals surface area contributed by atoms with Crippen molar-refractivity contribution in [1.82, 2.24) is 5.43 Å². The smallest absolute Gasteiger partial charge is 0.331 e. The lowest BCUT2D eigenvalue weighted by Crippen LogP contribution is -2.28. The number of nitrogens with one attached hydrogen (secondary N) is 1. The van der Waals surface area contributed by atoms with E-state index in [1.165, 1.54) is 30.7 Å². The van der Waals surface area contributed by atoms with Crippen molar-refractivity contribution in [1.29, 1.82) is 0 Å². The topological polar surface area (TPSA) is 113 Å². The van der Waals surface area contributed by atoms with E-state index >= 15 is 0 Å². The van der Waals surface area contributed by atoms with Crippen LogP contribution in [0, 0.1) is 5.41 Å². The van der Waals surface area contributed by atoms with E-state index in [1.807, 2.05) is 30.3 Å².